The number of benzene rings is 1. The standard InChI is InChI=1S/C21H31N3O4/c1-28-19-13-17(24(26)27)12-16(21(19)25)14-23-11-10-22-9-5-8-18(22)20(23)15-6-3-2-4-7-15/h12-13,15,18,20,25H,2-11,14H2,1H3. The molecule has 0 spiro atoms. The van der Waals surface area contributed by atoms with Crippen molar-refractivity contribution in [2.45, 2.75) is 63.6 Å². The summed E-state index contributed by atoms with van der Waals surface area (Å²) in [4.78, 5) is 16.0. The summed E-state index contributed by atoms with van der Waals surface area (Å²) in [6.45, 7) is 3.72. The number of ether oxygens (including phenoxy) is 1. The lowest BCUT2D eigenvalue weighted by Gasteiger charge is -2.49. The number of hydrogen-bond donors (Lipinski definition) is 1. The van der Waals surface area contributed by atoms with Gasteiger partial charge >= 0.3 is 0 Å². The van der Waals surface area contributed by atoms with Gasteiger partial charge in [0.05, 0.1) is 18.1 Å². The number of non-ortho nitro benzene ring substituents is 1. The van der Waals surface area contributed by atoms with Crippen molar-refractivity contribution in [2.24, 2.45) is 5.92 Å². The first kappa shape index (κ1) is 19.5. The van der Waals surface area contributed by atoms with Crippen LogP contribution in [0.5, 0.6) is 11.5 Å². The molecule has 7 heteroatoms. The van der Waals surface area contributed by atoms with Crippen LogP contribution < -0.4 is 4.74 Å². The van der Waals surface area contributed by atoms with Gasteiger partial charge in [-0.1, -0.05) is 19.3 Å². The number of hydrogen-bond acceptors (Lipinski definition) is 6. The van der Waals surface area contributed by atoms with Crippen LogP contribution in [-0.4, -0.2) is 58.7 Å². The van der Waals surface area contributed by atoms with Gasteiger partial charge in [0.2, 0.25) is 0 Å². The Hall–Kier alpha value is -1.86. The molecule has 154 valence electrons. The van der Waals surface area contributed by atoms with Crippen LogP contribution in [0.1, 0.15) is 50.5 Å². The summed E-state index contributed by atoms with van der Waals surface area (Å²) in [5.74, 6) is 0.893. The molecule has 1 aliphatic carbocycles. The molecule has 0 amide bonds. The van der Waals surface area contributed by atoms with E-state index in [-0.39, 0.29) is 17.2 Å². The Kier molecular flexibility index (Phi) is 5.73. The summed E-state index contributed by atoms with van der Waals surface area (Å²) in [5, 5.41) is 22.0. The lowest BCUT2D eigenvalue weighted by molar-refractivity contribution is -0.385. The number of rotatable bonds is 5. The van der Waals surface area contributed by atoms with E-state index in [1.165, 1.54) is 70.7 Å². The average Bonchev–Trinajstić information content (AvgIpc) is 3.18. The quantitative estimate of drug-likeness (QED) is 0.613. The fourth-order valence-electron chi connectivity index (χ4n) is 5.69. The molecule has 4 rings (SSSR count). The molecule has 0 aromatic heterocycles. The average molecular weight is 389 g/mol. The summed E-state index contributed by atoms with van der Waals surface area (Å²) >= 11 is 0. The zero-order valence-corrected chi connectivity index (χ0v) is 16.7. The third kappa shape index (κ3) is 3.70. The summed E-state index contributed by atoms with van der Waals surface area (Å²) in [7, 11) is 1.44. The first-order valence-corrected chi connectivity index (χ1v) is 10.6. The second-order valence-electron chi connectivity index (χ2n) is 8.52. The molecule has 28 heavy (non-hydrogen) atoms. The van der Waals surface area contributed by atoms with Crippen LogP contribution in [0.25, 0.3) is 0 Å². The Morgan fingerprint density at radius 2 is 1.93 bits per heavy atom. The van der Waals surface area contributed by atoms with E-state index in [1.54, 1.807) is 0 Å². The summed E-state index contributed by atoms with van der Waals surface area (Å²) in [5.41, 5.74) is 0.566. The Morgan fingerprint density at radius 1 is 1.14 bits per heavy atom. The van der Waals surface area contributed by atoms with Gasteiger partial charge in [-0.05, 0) is 38.1 Å². The molecule has 0 bridgehead atoms. The zero-order chi connectivity index (χ0) is 19.7. The molecule has 3 fully saturated rings. The maximum atomic E-state index is 11.3. The lowest BCUT2D eigenvalue weighted by Crippen LogP contribution is -2.59. The molecule has 1 N–H and O–H groups in total. The number of phenolic OH excluding ortho intramolecular Hbond substituents is 1. The maximum Gasteiger partial charge on any atom is 0.273 e. The van der Waals surface area contributed by atoms with Crippen molar-refractivity contribution < 1.29 is 14.8 Å². The fraction of sp³-hybridized carbons (Fsp3) is 0.714. The minimum atomic E-state index is -0.418. The van der Waals surface area contributed by atoms with E-state index in [2.05, 4.69) is 9.80 Å². The van der Waals surface area contributed by atoms with Crippen LogP contribution in [0.3, 0.4) is 0 Å². The topological polar surface area (TPSA) is 79.1 Å². The monoisotopic (exact) mass is 389 g/mol. The lowest BCUT2D eigenvalue weighted by atomic mass is 9.78. The van der Waals surface area contributed by atoms with Gasteiger partial charge in [0.15, 0.2) is 11.5 Å². The number of methoxy groups -OCH3 is 1. The molecular formula is C21H31N3O4. The highest BCUT2D eigenvalue weighted by Crippen LogP contribution is 2.40. The Balaban J connectivity index is 1.63. The second kappa shape index (κ2) is 8.25. The first-order valence-electron chi connectivity index (χ1n) is 10.6. The summed E-state index contributed by atoms with van der Waals surface area (Å²) < 4.78 is 5.20. The van der Waals surface area contributed by atoms with Crippen molar-refractivity contribution in [1.29, 1.82) is 0 Å². The van der Waals surface area contributed by atoms with Gasteiger partial charge in [0, 0.05) is 43.3 Å². The number of fused-ring (bicyclic) bond motifs is 1. The zero-order valence-electron chi connectivity index (χ0n) is 16.7. The molecular weight excluding hydrogens is 358 g/mol. The van der Waals surface area contributed by atoms with Crippen LogP contribution in [0.4, 0.5) is 5.69 Å². The van der Waals surface area contributed by atoms with Gasteiger partial charge < -0.3 is 9.84 Å². The van der Waals surface area contributed by atoms with Crippen molar-refractivity contribution >= 4 is 5.69 Å². The van der Waals surface area contributed by atoms with Crippen LogP contribution in [-0.2, 0) is 6.54 Å². The van der Waals surface area contributed by atoms with Gasteiger partial charge in [-0.3, -0.25) is 19.9 Å². The number of aromatic hydroxyl groups is 1. The normalized spacial score (nSPS) is 26.9. The largest absolute Gasteiger partial charge is 0.504 e. The molecule has 1 saturated carbocycles. The Morgan fingerprint density at radius 3 is 2.64 bits per heavy atom. The van der Waals surface area contributed by atoms with E-state index < -0.39 is 4.92 Å². The summed E-state index contributed by atoms with van der Waals surface area (Å²) in [6, 6.07) is 3.86. The predicted octanol–water partition coefficient (Wildman–Crippen LogP) is 3.54. The molecule has 1 aromatic carbocycles. The number of nitro benzene ring substituents is 1. The molecule has 0 radical (unpaired) electrons. The van der Waals surface area contributed by atoms with Crippen LogP contribution in [0.15, 0.2) is 12.1 Å². The number of piperazine rings is 1. The third-order valence-corrected chi connectivity index (χ3v) is 6.98. The number of phenols is 1. The van der Waals surface area contributed by atoms with E-state index in [9.17, 15) is 15.2 Å². The van der Waals surface area contributed by atoms with E-state index in [0.717, 1.165) is 13.1 Å². The van der Waals surface area contributed by atoms with Crippen molar-refractivity contribution in [3.63, 3.8) is 0 Å². The highest BCUT2D eigenvalue weighted by Gasteiger charge is 2.43. The van der Waals surface area contributed by atoms with Gasteiger partial charge in [0.1, 0.15) is 0 Å². The molecule has 2 aliphatic heterocycles. The second-order valence-corrected chi connectivity index (χ2v) is 8.52. The Bertz CT molecular complexity index is 720. The molecule has 2 unspecified atom stereocenters. The number of nitrogens with zero attached hydrogens (tertiary/aromatic N) is 3. The third-order valence-electron chi connectivity index (χ3n) is 6.98. The van der Waals surface area contributed by atoms with Crippen LogP contribution in [0.2, 0.25) is 0 Å². The highest BCUT2D eigenvalue weighted by atomic mass is 16.6. The van der Waals surface area contributed by atoms with Gasteiger partial charge in [-0.2, -0.15) is 0 Å². The van der Waals surface area contributed by atoms with Crippen molar-refractivity contribution in [3.05, 3.63) is 27.8 Å². The van der Waals surface area contributed by atoms with E-state index in [0.29, 0.717) is 30.1 Å². The van der Waals surface area contributed by atoms with Crippen LogP contribution in [0, 0.1) is 16.0 Å². The predicted molar refractivity (Wildman–Crippen MR) is 107 cm³/mol. The van der Waals surface area contributed by atoms with Gasteiger partial charge in [-0.15, -0.1) is 0 Å². The van der Waals surface area contributed by atoms with E-state index >= 15 is 0 Å². The Labute approximate surface area is 166 Å². The molecule has 3 aliphatic rings. The molecule has 2 atom stereocenters. The minimum Gasteiger partial charge on any atom is -0.504 e. The van der Waals surface area contributed by atoms with E-state index in [1.807, 2.05) is 0 Å². The van der Waals surface area contributed by atoms with Gasteiger partial charge in [-0.25, -0.2) is 0 Å². The highest BCUT2D eigenvalue weighted by molar-refractivity contribution is 5.53. The van der Waals surface area contributed by atoms with Crippen molar-refractivity contribution in [1.82, 2.24) is 9.80 Å². The summed E-state index contributed by atoms with van der Waals surface area (Å²) in [6.07, 6.45) is 8.99. The van der Waals surface area contributed by atoms with Gasteiger partial charge in [0.25, 0.3) is 5.69 Å². The van der Waals surface area contributed by atoms with E-state index in [4.69, 9.17) is 4.74 Å². The first-order chi connectivity index (χ1) is 13.6. The maximum absolute atomic E-state index is 11.3. The van der Waals surface area contributed by atoms with Crippen molar-refractivity contribution in [2.75, 3.05) is 26.7 Å². The smallest absolute Gasteiger partial charge is 0.273 e. The van der Waals surface area contributed by atoms with Crippen molar-refractivity contribution in [3.8, 4) is 11.5 Å². The SMILES string of the molecule is COc1cc([N+](=O)[O-])cc(CN2CCN3CCCC3C2C2CCCCC2)c1O. The van der Waals surface area contributed by atoms with Crippen LogP contribution >= 0.6 is 0 Å². The minimum absolute atomic E-state index is 0.0293. The number of nitro groups is 1. The molecule has 2 saturated heterocycles. The molecule has 7 nitrogen and oxygen atoms in total. The molecule has 2 heterocycles. The molecule has 1 aromatic rings. The fourth-order valence-corrected chi connectivity index (χ4v) is 5.69.